The van der Waals surface area contributed by atoms with Gasteiger partial charge in [0.2, 0.25) is 0 Å². The molecule has 2 N–H and O–H groups in total. The lowest BCUT2D eigenvalue weighted by Crippen LogP contribution is -2.24. The lowest BCUT2D eigenvalue weighted by atomic mass is 10.0. The number of hydrogen-bond donors (Lipinski definition) is 2. The van der Waals surface area contributed by atoms with Crippen LogP contribution in [0.5, 0.6) is 0 Å². The number of benzene rings is 1. The van der Waals surface area contributed by atoms with Crippen LogP contribution in [0.3, 0.4) is 0 Å². The van der Waals surface area contributed by atoms with Crippen LogP contribution in [0.1, 0.15) is 12.7 Å². The van der Waals surface area contributed by atoms with Crippen LogP contribution >= 0.6 is 12.4 Å². The molecule has 0 bridgehead atoms. The molecule has 0 aliphatic rings. The average molecular weight is 337 g/mol. The normalized spacial score (nSPS) is 12.0. The molecule has 3 aromatic rings. The Morgan fingerprint density at radius 1 is 1.22 bits per heavy atom. The maximum Gasteiger partial charge on any atom is 0.260 e. The summed E-state index contributed by atoms with van der Waals surface area (Å²) in [6, 6.07) is 6.58. The summed E-state index contributed by atoms with van der Waals surface area (Å²) in [6.45, 7) is 2.05. The first-order valence-electron chi connectivity index (χ1n) is 7.10. The predicted molar refractivity (Wildman–Crippen MR) is 89.0 cm³/mol. The van der Waals surface area contributed by atoms with Crippen molar-refractivity contribution in [2.24, 2.45) is 0 Å². The molecule has 7 heteroatoms. The molecule has 0 fully saturated rings. The molecule has 0 aliphatic carbocycles. The number of aromatic nitrogens is 3. The standard InChI is InChI=1S/C16H17FN4O.ClH/c1-10(18-2)7-15-20-16(22-21-15)14-9-19-8-13(14)11-3-5-12(17)6-4-11;/h3-6,8-10,18-19H,7H2,1-2H3;1H. The van der Waals surface area contributed by atoms with Gasteiger partial charge in [0.25, 0.3) is 5.89 Å². The van der Waals surface area contributed by atoms with Gasteiger partial charge in [0.15, 0.2) is 5.82 Å². The molecule has 1 atom stereocenters. The number of likely N-dealkylation sites (N-methyl/N-ethyl adjacent to an activating group) is 1. The molecule has 0 amide bonds. The van der Waals surface area contributed by atoms with Gasteiger partial charge in [-0.05, 0) is 31.7 Å². The molecule has 1 unspecified atom stereocenters. The zero-order valence-electron chi connectivity index (χ0n) is 12.8. The van der Waals surface area contributed by atoms with E-state index in [1.807, 2.05) is 13.2 Å². The summed E-state index contributed by atoms with van der Waals surface area (Å²) in [4.78, 5) is 7.47. The highest BCUT2D eigenvalue weighted by molar-refractivity contribution is 5.85. The van der Waals surface area contributed by atoms with E-state index in [0.717, 1.165) is 16.7 Å². The second-order valence-electron chi connectivity index (χ2n) is 5.20. The highest BCUT2D eigenvalue weighted by Crippen LogP contribution is 2.31. The summed E-state index contributed by atoms with van der Waals surface area (Å²) in [5.74, 6) is 0.851. The summed E-state index contributed by atoms with van der Waals surface area (Å²) < 4.78 is 18.4. The summed E-state index contributed by atoms with van der Waals surface area (Å²) >= 11 is 0. The Bertz CT molecular complexity index is 754. The van der Waals surface area contributed by atoms with Gasteiger partial charge < -0.3 is 14.8 Å². The molecule has 0 aliphatic heterocycles. The first-order valence-corrected chi connectivity index (χ1v) is 7.10. The minimum Gasteiger partial charge on any atom is -0.366 e. The van der Waals surface area contributed by atoms with Crippen molar-refractivity contribution in [3.8, 4) is 22.6 Å². The zero-order chi connectivity index (χ0) is 15.5. The largest absolute Gasteiger partial charge is 0.366 e. The Balaban J connectivity index is 0.00000192. The number of nitrogens with one attached hydrogen (secondary N) is 2. The smallest absolute Gasteiger partial charge is 0.260 e. The van der Waals surface area contributed by atoms with Gasteiger partial charge in [-0.3, -0.25) is 0 Å². The Kier molecular flexibility index (Phi) is 5.52. The second-order valence-corrected chi connectivity index (χ2v) is 5.20. The summed E-state index contributed by atoms with van der Waals surface area (Å²) in [6.07, 6.45) is 4.33. The third-order valence-electron chi connectivity index (χ3n) is 3.58. The van der Waals surface area contributed by atoms with Crippen LogP contribution in [0, 0.1) is 5.82 Å². The fourth-order valence-corrected chi connectivity index (χ4v) is 2.23. The van der Waals surface area contributed by atoms with E-state index in [9.17, 15) is 4.39 Å². The van der Waals surface area contributed by atoms with E-state index in [-0.39, 0.29) is 24.3 Å². The Morgan fingerprint density at radius 2 is 1.91 bits per heavy atom. The van der Waals surface area contributed by atoms with Crippen LogP contribution < -0.4 is 5.32 Å². The number of aromatic amines is 1. The predicted octanol–water partition coefficient (Wildman–Crippen LogP) is 3.44. The molecule has 0 saturated carbocycles. The van der Waals surface area contributed by atoms with Crippen LogP contribution in [0.25, 0.3) is 22.6 Å². The van der Waals surface area contributed by atoms with Gasteiger partial charge in [-0.15, -0.1) is 12.4 Å². The van der Waals surface area contributed by atoms with E-state index < -0.39 is 0 Å². The third kappa shape index (κ3) is 3.78. The molecule has 3 rings (SSSR count). The zero-order valence-corrected chi connectivity index (χ0v) is 13.7. The molecule has 2 aromatic heterocycles. The van der Waals surface area contributed by atoms with E-state index in [0.29, 0.717) is 18.1 Å². The van der Waals surface area contributed by atoms with Crippen molar-refractivity contribution < 1.29 is 8.91 Å². The fourth-order valence-electron chi connectivity index (χ4n) is 2.23. The highest BCUT2D eigenvalue weighted by Gasteiger charge is 2.16. The van der Waals surface area contributed by atoms with Crippen LogP contribution in [0.15, 0.2) is 41.2 Å². The first kappa shape index (κ1) is 17.2. The van der Waals surface area contributed by atoms with Crippen LogP contribution in [0.4, 0.5) is 4.39 Å². The van der Waals surface area contributed by atoms with Crippen LogP contribution in [0.2, 0.25) is 0 Å². The van der Waals surface area contributed by atoms with Crippen molar-refractivity contribution in [2.45, 2.75) is 19.4 Å². The Hall–Kier alpha value is -2.18. The van der Waals surface area contributed by atoms with Gasteiger partial charge >= 0.3 is 0 Å². The molecule has 23 heavy (non-hydrogen) atoms. The summed E-state index contributed by atoms with van der Waals surface area (Å²) in [7, 11) is 1.89. The van der Waals surface area contributed by atoms with Crippen LogP contribution in [-0.4, -0.2) is 28.2 Å². The van der Waals surface area contributed by atoms with Gasteiger partial charge in [-0.1, -0.05) is 17.3 Å². The van der Waals surface area contributed by atoms with Gasteiger partial charge in [-0.25, -0.2) is 4.39 Å². The average Bonchev–Trinajstić information content (AvgIpc) is 3.16. The first-order chi connectivity index (χ1) is 10.7. The van der Waals surface area contributed by atoms with Crippen LogP contribution in [-0.2, 0) is 6.42 Å². The maximum absolute atomic E-state index is 13.1. The number of rotatable bonds is 5. The number of H-pyrrole nitrogens is 1. The SMILES string of the molecule is CNC(C)Cc1noc(-c2c[nH]cc2-c2ccc(F)cc2)n1.Cl. The second kappa shape index (κ2) is 7.39. The van der Waals surface area contributed by atoms with Gasteiger partial charge in [-0.2, -0.15) is 4.98 Å². The Morgan fingerprint density at radius 3 is 2.61 bits per heavy atom. The van der Waals surface area contributed by atoms with Gasteiger partial charge in [0.05, 0.1) is 5.56 Å². The monoisotopic (exact) mass is 336 g/mol. The fraction of sp³-hybridized carbons (Fsp3) is 0.250. The number of halogens is 2. The van der Waals surface area contributed by atoms with E-state index in [2.05, 4.69) is 27.4 Å². The number of nitrogens with zero attached hydrogens (tertiary/aromatic N) is 2. The summed E-state index contributed by atoms with van der Waals surface area (Å²) in [5, 5.41) is 7.15. The minimum atomic E-state index is -0.262. The summed E-state index contributed by atoms with van der Waals surface area (Å²) in [5.41, 5.74) is 2.60. The van der Waals surface area contributed by atoms with Gasteiger partial charge in [0, 0.05) is 30.4 Å². The van der Waals surface area contributed by atoms with Crippen molar-refractivity contribution in [3.05, 3.63) is 48.3 Å². The Labute approximate surface area is 139 Å². The molecular formula is C16H18ClFN4O. The topological polar surface area (TPSA) is 66.7 Å². The van der Waals surface area contributed by atoms with Crippen molar-refractivity contribution in [2.75, 3.05) is 7.05 Å². The molecular weight excluding hydrogens is 319 g/mol. The minimum absolute atomic E-state index is 0. The van der Waals surface area contributed by atoms with Gasteiger partial charge in [0.1, 0.15) is 5.82 Å². The van der Waals surface area contributed by atoms with E-state index in [1.165, 1.54) is 12.1 Å². The molecule has 5 nitrogen and oxygen atoms in total. The quantitative estimate of drug-likeness (QED) is 0.749. The molecule has 0 spiro atoms. The van der Waals surface area contributed by atoms with Crippen molar-refractivity contribution >= 4 is 12.4 Å². The molecule has 1 aromatic carbocycles. The van der Waals surface area contributed by atoms with Crippen molar-refractivity contribution in [1.29, 1.82) is 0 Å². The van der Waals surface area contributed by atoms with Crippen molar-refractivity contribution in [3.63, 3.8) is 0 Å². The third-order valence-corrected chi connectivity index (χ3v) is 3.58. The molecule has 122 valence electrons. The molecule has 0 radical (unpaired) electrons. The van der Waals surface area contributed by atoms with E-state index in [1.54, 1.807) is 18.3 Å². The maximum atomic E-state index is 13.1. The highest BCUT2D eigenvalue weighted by atomic mass is 35.5. The number of hydrogen-bond acceptors (Lipinski definition) is 4. The van der Waals surface area contributed by atoms with Crippen molar-refractivity contribution in [1.82, 2.24) is 20.4 Å². The molecule has 0 saturated heterocycles. The van der Waals surface area contributed by atoms with E-state index in [4.69, 9.17) is 4.52 Å². The lowest BCUT2D eigenvalue weighted by molar-refractivity contribution is 0.418. The van der Waals surface area contributed by atoms with E-state index >= 15 is 0 Å². The lowest BCUT2D eigenvalue weighted by Gasteiger charge is -2.04. The molecule has 2 heterocycles.